The van der Waals surface area contributed by atoms with Crippen molar-refractivity contribution in [3.05, 3.63) is 132 Å². The number of anilines is 1. The van der Waals surface area contributed by atoms with E-state index in [-0.39, 0.29) is 43.4 Å². The Balaban J connectivity index is 1.35. The molecule has 0 aliphatic carbocycles. The van der Waals surface area contributed by atoms with Gasteiger partial charge in [0.05, 0.1) is 13.2 Å². The molecule has 4 aromatic rings. The Morgan fingerprint density at radius 3 is 2.25 bits per heavy atom. The Morgan fingerprint density at radius 2 is 1.57 bits per heavy atom. The highest BCUT2D eigenvalue weighted by atomic mass is 19.1. The molecule has 0 bridgehead atoms. The van der Waals surface area contributed by atoms with Crippen molar-refractivity contribution in [2.45, 2.75) is 12.6 Å². The number of halogens is 1. The van der Waals surface area contributed by atoms with Crippen LogP contribution in [-0.2, 0) is 11.3 Å². The van der Waals surface area contributed by atoms with Crippen molar-refractivity contribution < 1.29 is 18.7 Å². The summed E-state index contributed by atoms with van der Waals surface area (Å²) in [6.07, 6.45) is 3.83. The first-order valence-corrected chi connectivity index (χ1v) is 13.1. The fourth-order valence-corrected chi connectivity index (χ4v) is 4.69. The second-order valence-electron chi connectivity index (χ2n) is 9.55. The molecule has 0 saturated heterocycles. The van der Waals surface area contributed by atoms with Gasteiger partial charge < -0.3 is 19.9 Å². The predicted octanol–water partition coefficient (Wildman–Crippen LogP) is 6.68. The van der Waals surface area contributed by atoms with Gasteiger partial charge in [0.1, 0.15) is 18.1 Å². The largest absolute Gasteiger partial charge is 0.497 e. The summed E-state index contributed by atoms with van der Waals surface area (Å²) in [4.78, 5) is 30.1. The van der Waals surface area contributed by atoms with Gasteiger partial charge >= 0.3 is 6.03 Å². The number of ether oxygens (including phenoxy) is 1. The number of benzene rings is 4. The summed E-state index contributed by atoms with van der Waals surface area (Å²) in [7, 11) is 1.60. The average molecular weight is 536 g/mol. The van der Waals surface area contributed by atoms with E-state index < -0.39 is 0 Å². The zero-order chi connectivity index (χ0) is 27.9. The molecule has 1 heterocycles. The van der Waals surface area contributed by atoms with Crippen LogP contribution in [0, 0.1) is 5.82 Å². The lowest BCUT2D eigenvalue weighted by molar-refractivity contribution is -0.134. The number of urea groups is 1. The maximum atomic E-state index is 13.7. The Kier molecular flexibility index (Phi) is 8.21. The third-order valence-corrected chi connectivity index (χ3v) is 6.88. The summed E-state index contributed by atoms with van der Waals surface area (Å²) >= 11 is 0. The van der Waals surface area contributed by atoms with Crippen molar-refractivity contribution in [3.8, 4) is 16.9 Å². The van der Waals surface area contributed by atoms with E-state index in [9.17, 15) is 14.0 Å². The van der Waals surface area contributed by atoms with E-state index in [1.54, 1.807) is 24.1 Å². The van der Waals surface area contributed by atoms with Crippen LogP contribution in [0.2, 0.25) is 0 Å². The van der Waals surface area contributed by atoms with E-state index in [1.807, 2.05) is 91.0 Å². The summed E-state index contributed by atoms with van der Waals surface area (Å²) in [6.45, 7) is 0.430. The van der Waals surface area contributed by atoms with E-state index in [2.05, 4.69) is 5.32 Å². The third-order valence-electron chi connectivity index (χ3n) is 6.88. The number of nitrogens with zero attached hydrogens (tertiary/aromatic N) is 2. The van der Waals surface area contributed by atoms with Crippen molar-refractivity contribution in [3.63, 3.8) is 0 Å². The molecule has 0 radical (unpaired) electrons. The molecule has 1 unspecified atom stereocenters. The number of rotatable bonds is 6. The minimum Gasteiger partial charge on any atom is -0.497 e. The van der Waals surface area contributed by atoms with Gasteiger partial charge in [-0.25, -0.2) is 9.18 Å². The van der Waals surface area contributed by atoms with Gasteiger partial charge in [0, 0.05) is 18.8 Å². The maximum absolute atomic E-state index is 13.7. The fourth-order valence-electron chi connectivity index (χ4n) is 4.69. The van der Waals surface area contributed by atoms with Crippen LogP contribution in [0.4, 0.5) is 14.9 Å². The number of amides is 3. The molecule has 7 heteroatoms. The Labute approximate surface area is 233 Å². The average Bonchev–Trinajstić information content (AvgIpc) is 2.98. The second kappa shape index (κ2) is 12.3. The summed E-state index contributed by atoms with van der Waals surface area (Å²) in [5.41, 5.74) is 4.47. The molecule has 1 aliphatic heterocycles. The van der Waals surface area contributed by atoms with E-state index >= 15 is 0 Å². The van der Waals surface area contributed by atoms with Crippen molar-refractivity contribution >= 4 is 17.6 Å². The summed E-state index contributed by atoms with van der Waals surface area (Å²) in [5.74, 6) is 0.160. The van der Waals surface area contributed by atoms with Crippen molar-refractivity contribution in [1.82, 2.24) is 9.80 Å². The zero-order valence-electron chi connectivity index (χ0n) is 22.2. The highest BCUT2D eigenvalue weighted by Crippen LogP contribution is 2.28. The molecular formula is C33H30FN3O3. The predicted molar refractivity (Wildman–Crippen MR) is 154 cm³/mol. The van der Waals surface area contributed by atoms with Crippen LogP contribution >= 0.6 is 0 Å². The number of methoxy groups -OCH3 is 1. The standard InChI is InChI=1S/C33H30FN3O3/c1-40-30-19-13-27(14-20-30)31-8-5-21-36(23-32(38)37(31)22-24-9-15-28(34)16-10-24)33(39)35-29-17-11-26(12-18-29)25-6-3-2-4-7-25/h2-20,31H,21-23H2,1H3,(H,35,39)/b8-5-. The van der Waals surface area contributed by atoms with Gasteiger partial charge in [-0.2, -0.15) is 0 Å². The van der Waals surface area contributed by atoms with Gasteiger partial charge in [-0.3, -0.25) is 4.79 Å². The number of hydrogen-bond acceptors (Lipinski definition) is 3. The van der Waals surface area contributed by atoms with Gasteiger partial charge in [-0.05, 0) is 58.7 Å². The van der Waals surface area contributed by atoms with Gasteiger partial charge in [0.15, 0.2) is 0 Å². The molecular weight excluding hydrogens is 505 g/mol. The lowest BCUT2D eigenvalue weighted by Gasteiger charge is -2.34. The Hall–Kier alpha value is -4.91. The molecule has 1 N–H and O–H groups in total. The van der Waals surface area contributed by atoms with Crippen molar-refractivity contribution in [1.29, 1.82) is 0 Å². The topological polar surface area (TPSA) is 61.9 Å². The molecule has 1 aliphatic rings. The molecule has 4 aromatic carbocycles. The first kappa shape index (κ1) is 26.7. The van der Waals surface area contributed by atoms with Crippen LogP contribution in [-0.4, -0.2) is 41.9 Å². The Morgan fingerprint density at radius 1 is 0.900 bits per heavy atom. The third kappa shape index (κ3) is 6.38. The first-order chi connectivity index (χ1) is 19.5. The van der Waals surface area contributed by atoms with Gasteiger partial charge in [-0.1, -0.05) is 78.9 Å². The Bertz CT molecular complexity index is 1470. The molecule has 3 amide bonds. The zero-order valence-corrected chi connectivity index (χ0v) is 22.2. The minimum atomic E-state index is -0.366. The summed E-state index contributed by atoms with van der Waals surface area (Å²) in [5, 5.41) is 2.91. The normalized spacial score (nSPS) is 16.1. The van der Waals surface area contributed by atoms with Gasteiger partial charge in [-0.15, -0.1) is 0 Å². The molecule has 0 aromatic heterocycles. The van der Waals surface area contributed by atoms with Crippen LogP contribution in [0.25, 0.3) is 11.1 Å². The van der Waals surface area contributed by atoms with Gasteiger partial charge in [0.25, 0.3) is 0 Å². The number of hydrogen-bond donors (Lipinski definition) is 1. The molecule has 0 saturated carbocycles. The monoisotopic (exact) mass is 535 g/mol. The highest BCUT2D eigenvalue weighted by Gasteiger charge is 2.28. The van der Waals surface area contributed by atoms with E-state index in [4.69, 9.17) is 4.74 Å². The minimum absolute atomic E-state index is 0.105. The van der Waals surface area contributed by atoms with Gasteiger partial charge in [0.2, 0.25) is 5.91 Å². The lowest BCUT2D eigenvalue weighted by atomic mass is 10.0. The van der Waals surface area contributed by atoms with Crippen LogP contribution in [0.1, 0.15) is 17.2 Å². The molecule has 5 rings (SSSR count). The van der Waals surface area contributed by atoms with Crippen LogP contribution in [0.5, 0.6) is 5.75 Å². The number of carbonyl (C=O) groups is 2. The van der Waals surface area contributed by atoms with E-state index in [0.717, 1.165) is 28.0 Å². The van der Waals surface area contributed by atoms with E-state index in [1.165, 1.54) is 17.0 Å². The molecule has 40 heavy (non-hydrogen) atoms. The van der Waals surface area contributed by atoms with Crippen molar-refractivity contribution in [2.75, 3.05) is 25.5 Å². The van der Waals surface area contributed by atoms with Crippen LogP contribution < -0.4 is 10.1 Å². The number of carbonyl (C=O) groups excluding carboxylic acids is 2. The first-order valence-electron chi connectivity index (χ1n) is 13.1. The smallest absolute Gasteiger partial charge is 0.322 e. The molecule has 0 spiro atoms. The highest BCUT2D eigenvalue weighted by molar-refractivity contribution is 5.93. The SMILES string of the molecule is COc1ccc(C2/C=C\CN(C(=O)Nc3ccc(-c4ccccc4)cc3)CC(=O)N2Cc2ccc(F)cc2)cc1. The van der Waals surface area contributed by atoms with Crippen molar-refractivity contribution in [2.24, 2.45) is 0 Å². The molecule has 202 valence electrons. The summed E-state index contributed by atoms with van der Waals surface area (Å²) < 4.78 is 18.8. The number of nitrogens with one attached hydrogen (secondary N) is 1. The quantitative estimate of drug-likeness (QED) is 0.280. The molecule has 6 nitrogen and oxygen atoms in total. The molecule has 1 atom stereocenters. The second-order valence-corrected chi connectivity index (χ2v) is 9.55. The van der Waals surface area contributed by atoms with E-state index in [0.29, 0.717) is 5.69 Å². The summed E-state index contributed by atoms with van der Waals surface area (Å²) in [6, 6.07) is 30.5. The van der Waals surface area contributed by atoms with Crippen LogP contribution in [0.15, 0.2) is 115 Å². The maximum Gasteiger partial charge on any atom is 0.322 e. The lowest BCUT2D eigenvalue weighted by Crippen LogP contribution is -2.46. The molecule has 0 fully saturated rings. The van der Waals surface area contributed by atoms with Crippen LogP contribution in [0.3, 0.4) is 0 Å². The fraction of sp³-hybridized carbons (Fsp3) is 0.152.